The van der Waals surface area contributed by atoms with Crippen molar-refractivity contribution in [3.8, 4) is 0 Å². The Hall–Kier alpha value is -1.44. The third-order valence-corrected chi connectivity index (χ3v) is 5.40. The number of hydrogen-bond acceptors (Lipinski definition) is 4. The standard InChI is InChI=1S/C14H20N2O4S/c1-20-15-14(17)9-6-12-4-7-13(8-5-12)21(18,19)16-10-2-3-11-16/h4-5,7-8H,2-3,6,9-11H2,1H3,(H,15,17). The lowest BCUT2D eigenvalue weighted by molar-refractivity contribution is -0.131. The molecule has 1 fully saturated rings. The van der Waals surface area contributed by atoms with Gasteiger partial charge in [-0.1, -0.05) is 12.1 Å². The Bertz CT molecular complexity index is 577. The molecular weight excluding hydrogens is 292 g/mol. The maximum atomic E-state index is 12.3. The molecule has 0 saturated carbocycles. The van der Waals surface area contributed by atoms with Crippen LogP contribution in [0.5, 0.6) is 0 Å². The Balaban J connectivity index is 2.00. The van der Waals surface area contributed by atoms with Crippen molar-refractivity contribution in [2.75, 3.05) is 20.2 Å². The summed E-state index contributed by atoms with van der Waals surface area (Å²) in [6.45, 7) is 1.20. The number of hydroxylamine groups is 1. The fourth-order valence-corrected chi connectivity index (χ4v) is 3.85. The topological polar surface area (TPSA) is 75.7 Å². The number of sulfonamides is 1. The predicted molar refractivity (Wildman–Crippen MR) is 77.9 cm³/mol. The zero-order valence-electron chi connectivity index (χ0n) is 12.0. The first-order valence-electron chi connectivity index (χ1n) is 6.95. The second-order valence-corrected chi connectivity index (χ2v) is 6.92. The number of amides is 1. The molecular formula is C14H20N2O4S. The van der Waals surface area contributed by atoms with Crippen LogP contribution in [0.2, 0.25) is 0 Å². The van der Waals surface area contributed by atoms with E-state index in [4.69, 9.17) is 0 Å². The number of benzene rings is 1. The first kappa shape index (κ1) is 15.9. The van der Waals surface area contributed by atoms with E-state index in [-0.39, 0.29) is 5.91 Å². The van der Waals surface area contributed by atoms with Crippen LogP contribution >= 0.6 is 0 Å². The van der Waals surface area contributed by atoms with E-state index < -0.39 is 10.0 Å². The smallest absolute Gasteiger partial charge is 0.243 e. The number of rotatable bonds is 6. The molecule has 0 spiro atoms. The lowest BCUT2D eigenvalue weighted by Crippen LogP contribution is -2.27. The van der Waals surface area contributed by atoms with Crippen molar-refractivity contribution in [1.29, 1.82) is 0 Å². The summed E-state index contributed by atoms with van der Waals surface area (Å²) < 4.78 is 26.2. The van der Waals surface area contributed by atoms with Gasteiger partial charge in [0.1, 0.15) is 0 Å². The zero-order valence-corrected chi connectivity index (χ0v) is 12.9. The maximum absolute atomic E-state index is 12.3. The van der Waals surface area contributed by atoms with Crippen molar-refractivity contribution in [3.05, 3.63) is 29.8 Å². The van der Waals surface area contributed by atoms with Gasteiger partial charge in [-0.05, 0) is 37.0 Å². The highest BCUT2D eigenvalue weighted by molar-refractivity contribution is 7.89. The summed E-state index contributed by atoms with van der Waals surface area (Å²) in [6, 6.07) is 6.72. The lowest BCUT2D eigenvalue weighted by Gasteiger charge is -2.15. The molecule has 1 aliphatic rings. The summed E-state index contributed by atoms with van der Waals surface area (Å²) in [5.41, 5.74) is 3.17. The van der Waals surface area contributed by atoms with Gasteiger partial charge in [0, 0.05) is 19.5 Å². The second-order valence-electron chi connectivity index (χ2n) is 4.98. The van der Waals surface area contributed by atoms with Crippen molar-refractivity contribution in [2.24, 2.45) is 0 Å². The second kappa shape index (κ2) is 7.02. The largest absolute Gasteiger partial charge is 0.277 e. The van der Waals surface area contributed by atoms with Gasteiger partial charge >= 0.3 is 0 Å². The number of nitrogens with one attached hydrogen (secondary N) is 1. The third-order valence-electron chi connectivity index (χ3n) is 3.48. The number of hydrogen-bond donors (Lipinski definition) is 1. The molecule has 6 nitrogen and oxygen atoms in total. The van der Waals surface area contributed by atoms with Crippen molar-refractivity contribution in [3.63, 3.8) is 0 Å². The highest BCUT2D eigenvalue weighted by Gasteiger charge is 2.26. The molecule has 0 unspecified atom stereocenters. The number of aryl methyl sites for hydroxylation is 1. The summed E-state index contributed by atoms with van der Waals surface area (Å²) in [4.78, 5) is 16.1. The third kappa shape index (κ3) is 4.03. The Morgan fingerprint density at radius 1 is 1.24 bits per heavy atom. The molecule has 1 aromatic carbocycles. The molecule has 0 aromatic heterocycles. The van der Waals surface area contributed by atoms with Crippen molar-refractivity contribution in [1.82, 2.24) is 9.79 Å². The Morgan fingerprint density at radius 3 is 2.43 bits per heavy atom. The molecule has 1 aliphatic heterocycles. The molecule has 0 atom stereocenters. The van der Waals surface area contributed by atoms with Crippen LogP contribution in [-0.2, 0) is 26.1 Å². The minimum atomic E-state index is -3.36. The molecule has 2 rings (SSSR count). The Morgan fingerprint density at radius 2 is 1.86 bits per heavy atom. The average molecular weight is 312 g/mol. The molecule has 0 bridgehead atoms. The lowest BCUT2D eigenvalue weighted by atomic mass is 10.1. The van der Waals surface area contributed by atoms with Gasteiger partial charge in [-0.25, -0.2) is 13.9 Å². The highest BCUT2D eigenvalue weighted by Crippen LogP contribution is 2.21. The van der Waals surface area contributed by atoms with Gasteiger partial charge in [0.2, 0.25) is 15.9 Å². The van der Waals surface area contributed by atoms with Crippen LogP contribution in [0, 0.1) is 0 Å². The SMILES string of the molecule is CONC(=O)CCc1ccc(S(=O)(=O)N2CCCC2)cc1. The van der Waals surface area contributed by atoms with Crippen molar-refractivity contribution >= 4 is 15.9 Å². The summed E-state index contributed by atoms with van der Waals surface area (Å²) >= 11 is 0. The van der Waals surface area contributed by atoms with Crippen LogP contribution in [0.1, 0.15) is 24.8 Å². The van der Waals surface area contributed by atoms with Crippen molar-refractivity contribution in [2.45, 2.75) is 30.6 Å². The quantitative estimate of drug-likeness (QED) is 0.798. The Labute approximate surface area is 125 Å². The van der Waals surface area contributed by atoms with Crippen LogP contribution in [-0.4, -0.2) is 38.8 Å². The average Bonchev–Trinajstić information content (AvgIpc) is 3.01. The summed E-state index contributed by atoms with van der Waals surface area (Å²) in [7, 11) is -1.98. The predicted octanol–water partition coefficient (Wildman–Crippen LogP) is 1.08. The van der Waals surface area contributed by atoms with Gasteiger partial charge in [-0.3, -0.25) is 9.63 Å². The molecule has 21 heavy (non-hydrogen) atoms. The summed E-state index contributed by atoms with van der Waals surface area (Å²) in [5, 5.41) is 0. The van der Waals surface area contributed by atoms with Gasteiger partial charge < -0.3 is 0 Å². The van der Waals surface area contributed by atoms with E-state index in [1.54, 1.807) is 24.3 Å². The van der Waals surface area contributed by atoms with Crippen LogP contribution in [0.3, 0.4) is 0 Å². The van der Waals surface area contributed by atoms with Gasteiger partial charge in [-0.15, -0.1) is 0 Å². The van der Waals surface area contributed by atoms with Crippen molar-refractivity contribution < 1.29 is 18.0 Å². The molecule has 1 saturated heterocycles. The highest BCUT2D eigenvalue weighted by atomic mass is 32.2. The van der Waals surface area contributed by atoms with Crippen LogP contribution < -0.4 is 5.48 Å². The number of carbonyl (C=O) groups is 1. The first-order valence-corrected chi connectivity index (χ1v) is 8.39. The van der Waals surface area contributed by atoms with E-state index in [0.29, 0.717) is 30.8 Å². The summed E-state index contributed by atoms with van der Waals surface area (Å²) in [6.07, 6.45) is 2.68. The molecule has 1 amide bonds. The van der Waals surface area contributed by atoms with E-state index >= 15 is 0 Å². The molecule has 1 aromatic rings. The van der Waals surface area contributed by atoms with E-state index in [1.165, 1.54) is 11.4 Å². The fourth-order valence-electron chi connectivity index (χ4n) is 2.33. The van der Waals surface area contributed by atoms with Gasteiger partial charge in [0.25, 0.3) is 0 Å². The molecule has 1 N–H and O–H groups in total. The molecule has 1 heterocycles. The van der Waals surface area contributed by atoms with E-state index in [1.807, 2.05) is 0 Å². The molecule has 0 aliphatic carbocycles. The van der Waals surface area contributed by atoms with Crippen LogP contribution in [0.4, 0.5) is 0 Å². The van der Waals surface area contributed by atoms with Gasteiger partial charge in [0.15, 0.2) is 0 Å². The molecule has 0 radical (unpaired) electrons. The minimum absolute atomic E-state index is 0.203. The first-order chi connectivity index (χ1) is 10.0. The monoisotopic (exact) mass is 312 g/mol. The zero-order chi connectivity index (χ0) is 15.3. The fraction of sp³-hybridized carbons (Fsp3) is 0.500. The molecule has 7 heteroatoms. The number of carbonyl (C=O) groups excluding carboxylic acids is 1. The Kier molecular flexibility index (Phi) is 5.33. The summed E-state index contributed by atoms with van der Waals surface area (Å²) in [5.74, 6) is -0.203. The normalized spacial score (nSPS) is 16.0. The van der Waals surface area contributed by atoms with Crippen LogP contribution in [0.25, 0.3) is 0 Å². The van der Waals surface area contributed by atoms with Gasteiger partial charge in [-0.2, -0.15) is 4.31 Å². The van der Waals surface area contributed by atoms with Crippen LogP contribution in [0.15, 0.2) is 29.2 Å². The van der Waals surface area contributed by atoms with E-state index in [2.05, 4.69) is 10.3 Å². The maximum Gasteiger partial charge on any atom is 0.243 e. The van der Waals surface area contributed by atoms with E-state index in [9.17, 15) is 13.2 Å². The minimum Gasteiger partial charge on any atom is -0.277 e. The number of nitrogens with zero attached hydrogens (tertiary/aromatic N) is 1. The van der Waals surface area contributed by atoms with E-state index in [0.717, 1.165) is 18.4 Å². The van der Waals surface area contributed by atoms with Gasteiger partial charge in [0.05, 0.1) is 12.0 Å². The molecule has 116 valence electrons.